The second-order valence-corrected chi connectivity index (χ2v) is 8.03. The molecular weight excluding hydrogens is 402 g/mol. The summed E-state index contributed by atoms with van der Waals surface area (Å²) >= 11 is 0. The number of nitrogens with zero attached hydrogens (tertiary/aromatic N) is 3. The van der Waals surface area contributed by atoms with Crippen LogP contribution in [0.25, 0.3) is 11.1 Å². The number of aryl methyl sites for hydroxylation is 1. The Hall–Kier alpha value is -3.67. The van der Waals surface area contributed by atoms with Crippen LogP contribution in [0.15, 0.2) is 77.7 Å². The van der Waals surface area contributed by atoms with Gasteiger partial charge in [0.1, 0.15) is 6.04 Å². The Kier molecular flexibility index (Phi) is 6.21. The molecule has 2 heterocycles. The summed E-state index contributed by atoms with van der Waals surface area (Å²) in [6, 6.07) is 20.4. The van der Waals surface area contributed by atoms with Gasteiger partial charge >= 0.3 is 0 Å². The molecule has 0 unspecified atom stereocenters. The van der Waals surface area contributed by atoms with Crippen molar-refractivity contribution in [1.29, 1.82) is 0 Å². The van der Waals surface area contributed by atoms with Crippen LogP contribution < -0.4 is 5.56 Å². The average Bonchev–Trinajstić information content (AvgIpc) is 2.82. The summed E-state index contributed by atoms with van der Waals surface area (Å²) in [5.41, 5.74) is 3.39. The number of pyridine rings is 1. The number of benzene rings is 2. The summed E-state index contributed by atoms with van der Waals surface area (Å²) in [5, 5.41) is 0. The van der Waals surface area contributed by atoms with Gasteiger partial charge in [0.2, 0.25) is 11.5 Å². The molecule has 0 radical (unpaired) electrons. The molecule has 4 rings (SSSR count). The molecule has 6 nitrogen and oxygen atoms in total. The summed E-state index contributed by atoms with van der Waals surface area (Å²) in [6.45, 7) is 3.53. The number of carbonyl (C=O) groups excluding carboxylic acids is 2. The second kappa shape index (κ2) is 9.22. The molecule has 1 atom stereocenters. The van der Waals surface area contributed by atoms with Crippen LogP contribution in [-0.4, -0.2) is 51.9 Å². The van der Waals surface area contributed by atoms with Crippen LogP contribution in [0.4, 0.5) is 0 Å². The molecule has 0 aliphatic carbocycles. The maximum atomic E-state index is 13.4. The van der Waals surface area contributed by atoms with Gasteiger partial charge in [-0.15, -0.1) is 0 Å². The van der Waals surface area contributed by atoms with Crippen molar-refractivity contribution in [2.24, 2.45) is 7.05 Å². The lowest BCUT2D eigenvalue weighted by Crippen LogP contribution is -2.59. The van der Waals surface area contributed by atoms with Crippen molar-refractivity contribution in [2.45, 2.75) is 19.4 Å². The smallest absolute Gasteiger partial charge is 0.256 e. The van der Waals surface area contributed by atoms with Gasteiger partial charge in [-0.05, 0) is 29.7 Å². The third-order valence-electron chi connectivity index (χ3n) is 6.07. The zero-order valence-corrected chi connectivity index (χ0v) is 18.4. The number of hydrogen-bond acceptors (Lipinski definition) is 3. The fraction of sp³-hybridized carbons (Fsp3) is 0.269. The van der Waals surface area contributed by atoms with E-state index >= 15 is 0 Å². The first-order valence-electron chi connectivity index (χ1n) is 10.9. The van der Waals surface area contributed by atoms with Gasteiger partial charge in [0.05, 0.1) is 5.56 Å². The quantitative estimate of drug-likeness (QED) is 0.627. The Bertz CT molecular complexity index is 1190. The number of aromatic nitrogens is 1. The maximum Gasteiger partial charge on any atom is 0.256 e. The monoisotopic (exact) mass is 429 g/mol. The van der Waals surface area contributed by atoms with Gasteiger partial charge in [0.15, 0.2) is 0 Å². The third kappa shape index (κ3) is 4.21. The average molecular weight is 430 g/mol. The molecule has 32 heavy (non-hydrogen) atoms. The van der Waals surface area contributed by atoms with Gasteiger partial charge in [-0.25, -0.2) is 0 Å². The standard InChI is InChI=1S/C26H27N3O3/c1-3-28-15-16-29(25(31)21-13-14-24(30)27(2)18-21)23(26(28)32)17-20-11-7-8-12-22(20)19-9-5-4-6-10-19/h4-14,18,23H,3,15-17H2,1-2H3/t23-/m1/s1. The highest BCUT2D eigenvalue weighted by atomic mass is 16.2. The number of rotatable bonds is 5. The zero-order valence-electron chi connectivity index (χ0n) is 18.4. The number of likely N-dealkylation sites (N-methyl/N-ethyl adjacent to an activating group) is 1. The van der Waals surface area contributed by atoms with Crippen molar-refractivity contribution in [3.8, 4) is 11.1 Å². The van der Waals surface area contributed by atoms with Gasteiger partial charge in [-0.3, -0.25) is 14.4 Å². The third-order valence-corrected chi connectivity index (χ3v) is 6.07. The molecular formula is C26H27N3O3. The Morgan fingerprint density at radius 3 is 2.38 bits per heavy atom. The molecule has 2 amide bonds. The van der Waals surface area contributed by atoms with Crippen molar-refractivity contribution >= 4 is 11.8 Å². The van der Waals surface area contributed by atoms with Crippen LogP contribution in [0.1, 0.15) is 22.8 Å². The van der Waals surface area contributed by atoms with Gasteiger partial charge in [-0.2, -0.15) is 0 Å². The number of hydrogen-bond donors (Lipinski definition) is 0. The van der Waals surface area contributed by atoms with E-state index in [-0.39, 0.29) is 17.4 Å². The topological polar surface area (TPSA) is 62.6 Å². The zero-order chi connectivity index (χ0) is 22.7. The number of piperazine rings is 1. The molecule has 1 fully saturated rings. The van der Waals surface area contributed by atoms with E-state index < -0.39 is 6.04 Å². The minimum absolute atomic E-state index is 0.0419. The predicted molar refractivity (Wildman–Crippen MR) is 124 cm³/mol. The van der Waals surface area contributed by atoms with Gasteiger partial charge in [-0.1, -0.05) is 54.6 Å². The minimum Gasteiger partial charge on any atom is -0.339 e. The predicted octanol–water partition coefficient (Wildman–Crippen LogP) is 2.97. The van der Waals surface area contributed by atoms with Crippen LogP contribution in [-0.2, 0) is 18.3 Å². The lowest BCUT2D eigenvalue weighted by molar-refractivity contribution is -0.139. The Morgan fingerprint density at radius 1 is 0.938 bits per heavy atom. The molecule has 0 N–H and O–H groups in total. The number of amides is 2. The molecule has 0 spiro atoms. The highest BCUT2D eigenvalue weighted by Crippen LogP contribution is 2.27. The van der Waals surface area contributed by atoms with E-state index in [1.165, 1.54) is 22.9 Å². The van der Waals surface area contributed by atoms with Crippen LogP contribution in [0.5, 0.6) is 0 Å². The van der Waals surface area contributed by atoms with Gasteiger partial charge in [0, 0.05) is 45.4 Å². The lowest BCUT2D eigenvalue weighted by atomic mass is 9.93. The van der Waals surface area contributed by atoms with Gasteiger partial charge < -0.3 is 14.4 Å². The maximum absolute atomic E-state index is 13.4. The lowest BCUT2D eigenvalue weighted by Gasteiger charge is -2.40. The summed E-state index contributed by atoms with van der Waals surface area (Å²) in [6.07, 6.45) is 1.97. The van der Waals surface area contributed by atoms with E-state index in [2.05, 4.69) is 6.07 Å². The van der Waals surface area contributed by atoms with E-state index in [1.807, 2.05) is 55.5 Å². The van der Waals surface area contributed by atoms with Crippen molar-refractivity contribution in [3.63, 3.8) is 0 Å². The van der Waals surface area contributed by atoms with Crippen molar-refractivity contribution in [3.05, 3.63) is 94.4 Å². The SMILES string of the molecule is CCN1CCN(C(=O)c2ccc(=O)n(C)c2)[C@H](Cc2ccccc2-c2ccccc2)C1=O. The molecule has 1 saturated heterocycles. The molecule has 0 saturated carbocycles. The van der Waals surface area contributed by atoms with Crippen molar-refractivity contribution in [2.75, 3.05) is 19.6 Å². The summed E-state index contributed by atoms with van der Waals surface area (Å²) in [4.78, 5) is 42.0. The molecule has 6 heteroatoms. The highest BCUT2D eigenvalue weighted by molar-refractivity contribution is 5.98. The van der Waals surface area contributed by atoms with Gasteiger partial charge in [0.25, 0.3) is 5.91 Å². The fourth-order valence-electron chi connectivity index (χ4n) is 4.29. The van der Waals surface area contributed by atoms with E-state index in [0.717, 1.165) is 16.7 Å². The largest absolute Gasteiger partial charge is 0.339 e. The highest BCUT2D eigenvalue weighted by Gasteiger charge is 2.37. The van der Waals surface area contributed by atoms with E-state index in [0.29, 0.717) is 31.6 Å². The van der Waals surface area contributed by atoms with Crippen LogP contribution in [0, 0.1) is 0 Å². The summed E-state index contributed by atoms with van der Waals surface area (Å²) in [7, 11) is 1.62. The van der Waals surface area contributed by atoms with Crippen molar-refractivity contribution < 1.29 is 9.59 Å². The molecule has 2 aromatic carbocycles. The first kappa shape index (κ1) is 21.6. The first-order valence-corrected chi connectivity index (χ1v) is 10.9. The molecule has 1 aromatic heterocycles. The van der Waals surface area contributed by atoms with Crippen LogP contribution >= 0.6 is 0 Å². The second-order valence-electron chi connectivity index (χ2n) is 8.03. The summed E-state index contributed by atoms with van der Waals surface area (Å²) < 4.78 is 1.39. The van der Waals surface area contributed by atoms with E-state index in [1.54, 1.807) is 16.8 Å². The van der Waals surface area contributed by atoms with Crippen LogP contribution in [0.2, 0.25) is 0 Å². The molecule has 164 valence electrons. The minimum atomic E-state index is -0.599. The molecule has 1 aliphatic rings. The van der Waals surface area contributed by atoms with Crippen LogP contribution in [0.3, 0.4) is 0 Å². The normalized spacial score (nSPS) is 16.3. The van der Waals surface area contributed by atoms with E-state index in [4.69, 9.17) is 0 Å². The Balaban J connectivity index is 1.70. The molecule has 1 aliphatic heterocycles. The molecule has 0 bridgehead atoms. The first-order chi connectivity index (χ1) is 15.5. The Labute approximate surface area is 187 Å². The summed E-state index contributed by atoms with van der Waals surface area (Å²) in [5.74, 6) is -0.272. The fourth-order valence-corrected chi connectivity index (χ4v) is 4.29. The number of carbonyl (C=O) groups is 2. The molecule has 3 aromatic rings. The Morgan fingerprint density at radius 2 is 1.66 bits per heavy atom. The van der Waals surface area contributed by atoms with Crippen molar-refractivity contribution in [1.82, 2.24) is 14.4 Å². The van der Waals surface area contributed by atoms with E-state index in [9.17, 15) is 14.4 Å².